The first-order valence-electron chi connectivity index (χ1n) is 19.5. The fraction of sp³-hybridized carbons (Fsp3) is 0.0370. The van der Waals surface area contributed by atoms with Gasteiger partial charge in [0, 0.05) is 33.5 Å². The molecule has 56 heavy (non-hydrogen) atoms. The maximum Gasteiger partial charge on any atom is 0.0725 e. The fourth-order valence-corrected chi connectivity index (χ4v) is 10.2. The Balaban J connectivity index is 1.14. The van der Waals surface area contributed by atoms with E-state index in [1.807, 2.05) is 0 Å². The van der Waals surface area contributed by atoms with E-state index in [0.717, 1.165) is 22.7 Å². The van der Waals surface area contributed by atoms with Gasteiger partial charge in [0.1, 0.15) is 0 Å². The zero-order chi connectivity index (χ0) is 37.0. The number of benzene rings is 9. The smallest absolute Gasteiger partial charge is 0.0725 e. The molecule has 0 bridgehead atoms. The predicted molar refractivity (Wildman–Crippen MR) is 234 cm³/mol. The number of aromatic nitrogens is 1. The molecule has 2 aliphatic rings. The summed E-state index contributed by atoms with van der Waals surface area (Å²) in [6.07, 6.45) is 0. The molecule has 0 atom stereocenters. The van der Waals surface area contributed by atoms with E-state index < -0.39 is 0 Å². The van der Waals surface area contributed by atoms with Crippen LogP contribution in [0.4, 0.5) is 17.1 Å². The van der Waals surface area contributed by atoms with Crippen molar-refractivity contribution >= 4 is 49.6 Å². The van der Waals surface area contributed by atoms with Crippen molar-refractivity contribution in [3.8, 4) is 27.9 Å². The first-order valence-corrected chi connectivity index (χ1v) is 19.5. The van der Waals surface area contributed by atoms with E-state index in [9.17, 15) is 0 Å². The third-order valence-electron chi connectivity index (χ3n) is 12.5. The van der Waals surface area contributed by atoms with Gasteiger partial charge in [-0.15, -0.1) is 0 Å². The second-order valence-electron chi connectivity index (χ2n) is 15.3. The van der Waals surface area contributed by atoms with E-state index in [-0.39, 0.29) is 5.41 Å². The Morgan fingerprint density at radius 3 is 1.80 bits per heavy atom. The first kappa shape index (κ1) is 31.2. The molecule has 0 saturated carbocycles. The number of hydrogen-bond donors (Lipinski definition) is 0. The molecule has 12 rings (SSSR count). The largest absolute Gasteiger partial charge is 0.310 e. The van der Waals surface area contributed by atoms with Gasteiger partial charge in [0.25, 0.3) is 0 Å². The van der Waals surface area contributed by atoms with E-state index in [2.05, 4.69) is 217 Å². The molecule has 10 aromatic rings. The summed E-state index contributed by atoms with van der Waals surface area (Å²) < 4.78 is 2.41. The molecule has 0 amide bonds. The highest BCUT2D eigenvalue weighted by Gasteiger charge is 2.52. The average molecular weight is 713 g/mol. The van der Waals surface area contributed by atoms with Crippen LogP contribution in [0.1, 0.15) is 27.8 Å². The molecular formula is C54H36N2. The third kappa shape index (κ3) is 4.16. The maximum atomic E-state index is 2.46. The van der Waals surface area contributed by atoms with Gasteiger partial charge in [-0.1, -0.05) is 146 Å². The molecule has 1 spiro atoms. The Morgan fingerprint density at radius 2 is 0.982 bits per heavy atom. The van der Waals surface area contributed by atoms with Crippen molar-refractivity contribution in [3.05, 3.63) is 228 Å². The van der Waals surface area contributed by atoms with E-state index >= 15 is 0 Å². The minimum absolute atomic E-state index is 0.383. The second kappa shape index (κ2) is 11.7. The SMILES string of the molecule is Cc1cccc2c1-c1cc(N(c3ccc4ccccc4c3)c3ccc4c5ccccc5n(-c5ccccc5)c4c3)ccc1C21c2ccccc2-c2ccccc21. The minimum Gasteiger partial charge on any atom is -0.310 e. The molecule has 0 aliphatic heterocycles. The Kier molecular flexibility index (Phi) is 6.50. The van der Waals surface area contributed by atoms with Crippen LogP contribution in [0.2, 0.25) is 0 Å². The van der Waals surface area contributed by atoms with Crippen molar-refractivity contribution in [2.75, 3.05) is 4.90 Å². The molecular weight excluding hydrogens is 677 g/mol. The maximum absolute atomic E-state index is 2.46. The van der Waals surface area contributed by atoms with Gasteiger partial charge in [-0.2, -0.15) is 0 Å². The van der Waals surface area contributed by atoms with Gasteiger partial charge in [0.15, 0.2) is 0 Å². The van der Waals surface area contributed by atoms with Crippen LogP contribution in [0, 0.1) is 6.92 Å². The van der Waals surface area contributed by atoms with Crippen LogP contribution >= 0.6 is 0 Å². The average Bonchev–Trinajstić information content (AvgIpc) is 3.86. The number of fused-ring (bicyclic) bond motifs is 14. The van der Waals surface area contributed by atoms with Crippen LogP contribution in [0.5, 0.6) is 0 Å². The van der Waals surface area contributed by atoms with Crippen molar-refractivity contribution in [2.45, 2.75) is 12.3 Å². The van der Waals surface area contributed by atoms with Gasteiger partial charge in [-0.3, -0.25) is 0 Å². The third-order valence-corrected chi connectivity index (χ3v) is 12.5. The highest BCUT2D eigenvalue weighted by atomic mass is 15.1. The summed E-state index contributed by atoms with van der Waals surface area (Å²) in [7, 11) is 0. The number of para-hydroxylation sites is 2. The lowest BCUT2D eigenvalue weighted by molar-refractivity contribution is 0.793. The zero-order valence-electron chi connectivity index (χ0n) is 30.9. The quantitative estimate of drug-likeness (QED) is 0.176. The van der Waals surface area contributed by atoms with Gasteiger partial charge in [0.2, 0.25) is 0 Å². The lowest BCUT2D eigenvalue weighted by atomic mass is 9.70. The number of hydrogen-bond acceptors (Lipinski definition) is 1. The number of nitrogens with zero attached hydrogens (tertiary/aromatic N) is 2. The van der Waals surface area contributed by atoms with Crippen molar-refractivity contribution < 1.29 is 0 Å². The number of rotatable bonds is 4. The molecule has 0 N–H and O–H groups in total. The number of aryl methyl sites for hydroxylation is 1. The molecule has 262 valence electrons. The fourth-order valence-electron chi connectivity index (χ4n) is 10.2. The standard InChI is InChI=1S/C54H36N2/c1-35-14-13-24-50-53(35)46-33-40(29-31-49(46)54(50)47-22-10-7-19-42(47)43-20-8-11-23-48(43)54)55(39-27-26-36-15-5-6-16-37(36)32-39)41-28-30-45-44-21-9-12-25-51(44)56(52(45)34-41)38-17-3-2-4-18-38/h2-34H,1H3. The Labute approximate surface area is 326 Å². The van der Waals surface area contributed by atoms with Crippen LogP contribution in [-0.2, 0) is 5.41 Å². The van der Waals surface area contributed by atoms with Gasteiger partial charge < -0.3 is 9.47 Å². The lowest BCUT2D eigenvalue weighted by Gasteiger charge is -2.31. The summed E-state index contributed by atoms with van der Waals surface area (Å²) in [5.41, 5.74) is 18.6. The van der Waals surface area contributed by atoms with Crippen LogP contribution in [0.15, 0.2) is 200 Å². The molecule has 2 aliphatic carbocycles. The van der Waals surface area contributed by atoms with Gasteiger partial charge in [-0.25, -0.2) is 0 Å². The van der Waals surface area contributed by atoms with Crippen LogP contribution in [-0.4, -0.2) is 4.57 Å². The first-order chi connectivity index (χ1) is 27.7. The summed E-state index contributed by atoms with van der Waals surface area (Å²) in [6.45, 7) is 2.28. The Morgan fingerprint density at radius 1 is 0.393 bits per heavy atom. The summed E-state index contributed by atoms with van der Waals surface area (Å²) in [5.74, 6) is 0. The van der Waals surface area contributed by atoms with Crippen molar-refractivity contribution in [3.63, 3.8) is 0 Å². The molecule has 2 nitrogen and oxygen atoms in total. The van der Waals surface area contributed by atoms with Crippen molar-refractivity contribution in [1.29, 1.82) is 0 Å². The Bertz CT molecular complexity index is 3180. The van der Waals surface area contributed by atoms with Crippen molar-refractivity contribution in [1.82, 2.24) is 4.57 Å². The molecule has 0 radical (unpaired) electrons. The summed E-state index contributed by atoms with van der Waals surface area (Å²) in [6, 6.07) is 74.3. The second-order valence-corrected chi connectivity index (χ2v) is 15.3. The molecule has 0 unspecified atom stereocenters. The number of anilines is 3. The highest BCUT2D eigenvalue weighted by Crippen LogP contribution is 2.63. The highest BCUT2D eigenvalue weighted by molar-refractivity contribution is 6.10. The van der Waals surface area contributed by atoms with E-state index in [1.54, 1.807) is 0 Å². The van der Waals surface area contributed by atoms with Crippen LogP contribution in [0.3, 0.4) is 0 Å². The molecule has 1 heterocycles. The van der Waals surface area contributed by atoms with Gasteiger partial charge in [-0.05, 0) is 122 Å². The monoisotopic (exact) mass is 712 g/mol. The predicted octanol–water partition coefficient (Wildman–Crippen LogP) is 14.1. The summed E-state index contributed by atoms with van der Waals surface area (Å²) in [5, 5.41) is 4.94. The molecule has 2 heteroatoms. The zero-order valence-corrected chi connectivity index (χ0v) is 30.9. The van der Waals surface area contributed by atoms with Gasteiger partial charge in [0.05, 0.1) is 16.4 Å². The Hall–Kier alpha value is -7.16. The van der Waals surface area contributed by atoms with E-state index in [0.29, 0.717) is 0 Å². The molecule has 0 fully saturated rings. The molecule has 0 saturated heterocycles. The van der Waals surface area contributed by atoms with Crippen molar-refractivity contribution in [2.24, 2.45) is 0 Å². The van der Waals surface area contributed by atoms with E-state index in [1.165, 1.54) is 82.6 Å². The van der Waals surface area contributed by atoms with Crippen LogP contribution < -0.4 is 4.90 Å². The van der Waals surface area contributed by atoms with Crippen LogP contribution in [0.25, 0.3) is 60.5 Å². The summed E-state index contributed by atoms with van der Waals surface area (Å²) in [4.78, 5) is 2.46. The summed E-state index contributed by atoms with van der Waals surface area (Å²) >= 11 is 0. The van der Waals surface area contributed by atoms with Gasteiger partial charge >= 0.3 is 0 Å². The molecule has 9 aromatic carbocycles. The normalized spacial score (nSPS) is 13.2. The lowest BCUT2D eigenvalue weighted by Crippen LogP contribution is -2.25. The molecule has 1 aromatic heterocycles. The topological polar surface area (TPSA) is 8.17 Å². The minimum atomic E-state index is -0.383. The van der Waals surface area contributed by atoms with E-state index in [4.69, 9.17) is 0 Å².